The van der Waals surface area contributed by atoms with Crippen molar-refractivity contribution in [2.24, 2.45) is 4.99 Å². The predicted molar refractivity (Wildman–Crippen MR) is 61.6 cm³/mol. The minimum absolute atomic E-state index is 0.651. The lowest BCUT2D eigenvalue weighted by Crippen LogP contribution is -2.15. The first-order valence-corrected chi connectivity index (χ1v) is 4.81. The van der Waals surface area contributed by atoms with Gasteiger partial charge in [0.2, 0.25) is 0 Å². The van der Waals surface area contributed by atoms with Gasteiger partial charge in [0.1, 0.15) is 0 Å². The lowest BCUT2D eigenvalue weighted by molar-refractivity contribution is 0.738. The zero-order chi connectivity index (χ0) is 10.2. The second-order valence-electron chi connectivity index (χ2n) is 2.88. The number of hydrogen-bond acceptors (Lipinski definition) is 2. The van der Waals surface area contributed by atoms with Gasteiger partial charge < -0.3 is 5.32 Å². The number of nitrogens with zero attached hydrogens (tertiary/aromatic N) is 1. The summed E-state index contributed by atoms with van der Waals surface area (Å²) < 4.78 is 0. The lowest BCUT2D eigenvalue weighted by Gasteiger charge is -2.03. The van der Waals surface area contributed by atoms with Crippen molar-refractivity contribution in [3.8, 4) is 0 Å². The van der Waals surface area contributed by atoms with Gasteiger partial charge >= 0.3 is 0 Å². The number of rotatable bonds is 5. The Balaban J connectivity index is 2.25. The van der Waals surface area contributed by atoms with Crippen LogP contribution in [0.2, 0.25) is 0 Å². The van der Waals surface area contributed by atoms with Gasteiger partial charge in [-0.2, -0.15) is 0 Å². The van der Waals surface area contributed by atoms with Crippen LogP contribution in [0.25, 0.3) is 0 Å². The van der Waals surface area contributed by atoms with Gasteiger partial charge in [-0.25, -0.2) is 4.99 Å². The molecule has 0 aliphatic carbocycles. The maximum Gasteiger partial charge on any atom is 0.0930 e. The normalized spacial score (nSPS) is 10.6. The van der Waals surface area contributed by atoms with E-state index >= 15 is 0 Å². The molecule has 0 fully saturated rings. The highest BCUT2D eigenvalue weighted by Gasteiger charge is 1.91. The smallest absolute Gasteiger partial charge is 0.0930 e. The predicted octanol–water partition coefficient (Wildman–Crippen LogP) is 2.56. The highest BCUT2D eigenvalue weighted by molar-refractivity contribution is 6.56. The maximum atomic E-state index is 5.31. The van der Waals surface area contributed by atoms with E-state index in [9.17, 15) is 0 Å². The topological polar surface area (TPSA) is 24.4 Å². The van der Waals surface area contributed by atoms with Gasteiger partial charge in [0.15, 0.2) is 0 Å². The summed E-state index contributed by atoms with van der Waals surface area (Å²) in [6.45, 7) is 5.20. The Morgan fingerprint density at radius 3 is 2.79 bits per heavy atom. The van der Waals surface area contributed by atoms with E-state index in [1.54, 1.807) is 0 Å². The van der Waals surface area contributed by atoms with Crippen LogP contribution in [-0.4, -0.2) is 12.2 Å². The standard InChI is InChI=1S/C11H13ClN2/c1-10(14-9-12)7-13-8-11-5-3-2-4-6-11/h2-6,9,13H,1,7-8H2/b14-9+. The van der Waals surface area contributed by atoms with Crippen molar-refractivity contribution in [1.82, 2.24) is 5.32 Å². The summed E-state index contributed by atoms with van der Waals surface area (Å²) in [5, 5.41) is 3.21. The van der Waals surface area contributed by atoms with Crippen molar-refractivity contribution in [3.63, 3.8) is 0 Å². The molecule has 1 aromatic rings. The molecule has 2 nitrogen and oxygen atoms in total. The molecule has 0 aliphatic heterocycles. The molecule has 1 aromatic carbocycles. The zero-order valence-electron chi connectivity index (χ0n) is 7.91. The Bertz CT molecular complexity index is 306. The number of nitrogens with one attached hydrogen (secondary N) is 1. The Morgan fingerprint density at radius 2 is 2.14 bits per heavy atom. The van der Waals surface area contributed by atoms with Gasteiger partial charge in [-0.15, -0.1) is 0 Å². The van der Waals surface area contributed by atoms with E-state index in [1.807, 2.05) is 18.2 Å². The second kappa shape index (κ2) is 6.35. The van der Waals surface area contributed by atoms with Crippen LogP contribution in [-0.2, 0) is 6.54 Å². The Morgan fingerprint density at radius 1 is 1.43 bits per heavy atom. The van der Waals surface area contributed by atoms with Crippen LogP contribution in [0, 0.1) is 0 Å². The van der Waals surface area contributed by atoms with Crippen LogP contribution in [0.3, 0.4) is 0 Å². The molecule has 0 amide bonds. The Kier molecular flexibility index (Phi) is 4.97. The molecule has 0 unspecified atom stereocenters. The minimum Gasteiger partial charge on any atom is -0.307 e. The first-order chi connectivity index (χ1) is 6.83. The van der Waals surface area contributed by atoms with Crippen molar-refractivity contribution in [2.75, 3.05) is 6.54 Å². The monoisotopic (exact) mass is 208 g/mol. The van der Waals surface area contributed by atoms with Crippen LogP contribution >= 0.6 is 11.6 Å². The third-order valence-electron chi connectivity index (χ3n) is 1.73. The van der Waals surface area contributed by atoms with Gasteiger partial charge in [-0.3, -0.25) is 0 Å². The van der Waals surface area contributed by atoms with Crippen molar-refractivity contribution in [1.29, 1.82) is 0 Å². The van der Waals surface area contributed by atoms with E-state index in [2.05, 4.69) is 29.0 Å². The van der Waals surface area contributed by atoms with E-state index in [1.165, 1.54) is 11.2 Å². The second-order valence-corrected chi connectivity index (χ2v) is 3.08. The quantitative estimate of drug-likeness (QED) is 0.739. The Hall–Kier alpha value is -1.12. The number of halogens is 1. The van der Waals surface area contributed by atoms with Crippen molar-refractivity contribution < 1.29 is 0 Å². The third-order valence-corrected chi connectivity index (χ3v) is 1.83. The van der Waals surface area contributed by atoms with E-state index in [0.29, 0.717) is 6.54 Å². The van der Waals surface area contributed by atoms with Gasteiger partial charge in [0, 0.05) is 18.8 Å². The van der Waals surface area contributed by atoms with Crippen LogP contribution in [0.4, 0.5) is 0 Å². The summed E-state index contributed by atoms with van der Waals surface area (Å²) in [5.74, 6) is 0. The van der Waals surface area contributed by atoms with Crippen molar-refractivity contribution in [2.45, 2.75) is 6.54 Å². The van der Waals surface area contributed by atoms with Crippen molar-refractivity contribution >= 4 is 17.3 Å². The van der Waals surface area contributed by atoms with Crippen LogP contribution in [0.15, 0.2) is 47.6 Å². The summed E-state index contributed by atoms with van der Waals surface area (Å²) in [5.41, 5.74) is 3.21. The molecule has 0 saturated carbocycles. The fourth-order valence-corrected chi connectivity index (χ4v) is 1.20. The molecule has 0 saturated heterocycles. The summed E-state index contributed by atoms with van der Waals surface area (Å²) >= 11 is 5.31. The number of aliphatic imine (C=N–C) groups is 1. The molecule has 14 heavy (non-hydrogen) atoms. The molecule has 1 rings (SSSR count). The molecule has 0 atom stereocenters. The highest BCUT2D eigenvalue weighted by Crippen LogP contribution is 1.98. The molecule has 0 bridgehead atoms. The summed E-state index contributed by atoms with van der Waals surface area (Å²) in [4.78, 5) is 3.84. The summed E-state index contributed by atoms with van der Waals surface area (Å²) in [7, 11) is 0. The van der Waals surface area contributed by atoms with E-state index in [0.717, 1.165) is 12.2 Å². The van der Waals surface area contributed by atoms with E-state index in [4.69, 9.17) is 11.6 Å². The fourth-order valence-electron chi connectivity index (χ4n) is 1.06. The fraction of sp³-hybridized carbons (Fsp3) is 0.182. The number of hydrogen-bond donors (Lipinski definition) is 1. The van der Waals surface area contributed by atoms with Crippen molar-refractivity contribution in [3.05, 3.63) is 48.2 Å². The molecule has 0 aliphatic rings. The first kappa shape index (κ1) is 11.0. The van der Waals surface area contributed by atoms with Gasteiger partial charge in [-0.1, -0.05) is 48.5 Å². The van der Waals surface area contributed by atoms with Gasteiger partial charge in [0.25, 0.3) is 0 Å². The summed E-state index contributed by atoms with van der Waals surface area (Å²) in [6, 6.07) is 10.2. The van der Waals surface area contributed by atoms with Crippen LogP contribution in [0.1, 0.15) is 5.56 Å². The zero-order valence-corrected chi connectivity index (χ0v) is 8.67. The van der Waals surface area contributed by atoms with Gasteiger partial charge in [-0.05, 0) is 5.56 Å². The molecule has 0 spiro atoms. The first-order valence-electron chi connectivity index (χ1n) is 4.38. The van der Waals surface area contributed by atoms with E-state index < -0.39 is 0 Å². The van der Waals surface area contributed by atoms with Crippen LogP contribution in [0.5, 0.6) is 0 Å². The molecule has 3 heteroatoms. The largest absolute Gasteiger partial charge is 0.307 e. The summed E-state index contributed by atoms with van der Waals surface area (Å²) in [6.07, 6.45) is 0. The average Bonchev–Trinajstić information content (AvgIpc) is 2.20. The molecule has 0 radical (unpaired) electrons. The molecule has 74 valence electrons. The van der Waals surface area contributed by atoms with Crippen LogP contribution < -0.4 is 5.32 Å². The molecular formula is C11H13ClN2. The third kappa shape index (κ3) is 4.21. The van der Waals surface area contributed by atoms with E-state index in [-0.39, 0.29) is 0 Å². The molecule has 0 heterocycles. The van der Waals surface area contributed by atoms with Gasteiger partial charge in [0.05, 0.1) is 5.67 Å². The SMILES string of the molecule is C=C(CNCc1ccccc1)/N=C/Cl. The maximum absolute atomic E-state index is 5.31. The minimum atomic E-state index is 0.651. The molecular weight excluding hydrogens is 196 g/mol. The number of benzene rings is 1. The average molecular weight is 209 g/mol. The Labute approximate surface area is 89.3 Å². The lowest BCUT2D eigenvalue weighted by atomic mass is 10.2. The molecule has 1 N–H and O–H groups in total. The highest BCUT2D eigenvalue weighted by atomic mass is 35.5. The molecule has 0 aromatic heterocycles.